The van der Waals surface area contributed by atoms with Crippen LogP contribution in [-0.2, 0) is 11.2 Å². The van der Waals surface area contributed by atoms with Gasteiger partial charge in [0.05, 0.1) is 12.7 Å². The number of carbonyl (C=O) groups excluding carboxylic acids is 1. The predicted molar refractivity (Wildman–Crippen MR) is 91.0 cm³/mol. The molecule has 1 aliphatic heterocycles. The van der Waals surface area contributed by atoms with E-state index in [4.69, 9.17) is 4.74 Å². The van der Waals surface area contributed by atoms with Crippen molar-refractivity contribution in [3.05, 3.63) is 29.3 Å². The van der Waals surface area contributed by atoms with Gasteiger partial charge in [-0.15, -0.1) is 12.4 Å². The van der Waals surface area contributed by atoms with Crippen LogP contribution in [0.5, 0.6) is 0 Å². The van der Waals surface area contributed by atoms with Crippen molar-refractivity contribution in [1.82, 2.24) is 5.32 Å². The number of amides is 1. The van der Waals surface area contributed by atoms with Crippen molar-refractivity contribution in [3.63, 3.8) is 0 Å². The molecule has 122 valence electrons. The van der Waals surface area contributed by atoms with Crippen molar-refractivity contribution in [2.45, 2.75) is 44.6 Å². The summed E-state index contributed by atoms with van der Waals surface area (Å²) in [6.45, 7) is 2.17. The minimum atomic E-state index is -0.00283. The van der Waals surface area contributed by atoms with Gasteiger partial charge in [-0.05, 0) is 43.0 Å². The first kappa shape index (κ1) is 17.1. The van der Waals surface area contributed by atoms with Gasteiger partial charge in [0.2, 0.25) is 0 Å². The van der Waals surface area contributed by atoms with Crippen molar-refractivity contribution >= 4 is 24.0 Å². The summed E-state index contributed by atoms with van der Waals surface area (Å²) in [6, 6.07) is 5.87. The van der Waals surface area contributed by atoms with Crippen molar-refractivity contribution in [1.29, 1.82) is 0 Å². The van der Waals surface area contributed by atoms with Crippen LogP contribution < -0.4 is 10.6 Å². The number of hydrogen-bond acceptors (Lipinski definition) is 3. The summed E-state index contributed by atoms with van der Waals surface area (Å²) in [5.41, 5.74) is 3.14. The van der Waals surface area contributed by atoms with Crippen LogP contribution in [0.4, 0.5) is 5.69 Å². The number of halogens is 1. The van der Waals surface area contributed by atoms with E-state index >= 15 is 0 Å². The molecule has 22 heavy (non-hydrogen) atoms. The fraction of sp³-hybridized carbons (Fsp3) is 0.588. The summed E-state index contributed by atoms with van der Waals surface area (Å²) in [4.78, 5) is 12.1. The third-order valence-electron chi connectivity index (χ3n) is 4.37. The topological polar surface area (TPSA) is 50.4 Å². The van der Waals surface area contributed by atoms with Crippen molar-refractivity contribution < 1.29 is 9.53 Å². The second-order valence-electron chi connectivity index (χ2n) is 5.94. The number of fused-ring (bicyclic) bond motifs is 1. The largest absolute Gasteiger partial charge is 0.384 e. The van der Waals surface area contributed by atoms with Crippen LogP contribution in [0.1, 0.15) is 48.0 Å². The van der Waals surface area contributed by atoms with E-state index in [2.05, 4.69) is 10.6 Å². The Bertz CT molecular complexity index is 501. The Hall–Kier alpha value is -1.26. The molecule has 0 radical (unpaired) electrons. The van der Waals surface area contributed by atoms with Crippen LogP contribution >= 0.6 is 12.4 Å². The maximum absolute atomic E-state index is 12.1. The molecule has 1 heterocycles. The number of anilines is 1. The van der Waals surface area contributed by atoms with E-state index in [-0.39, 0.29) is 18.3 Å². The average Bonchev–Trinajstić information content (AvgIpc) is 3.00. The fourth-order valence-corrected chi connectivity index (χ4v) is 3.17. The van der Waals surface area contributed by atoms with Gasteiger partial charge < -0.3 is 15.4 Å². The summed E-state index contributed by atoms with van der Waals surface area (Å²) in [5, 5.41) is 6.25. The SMILES string of the molecule is Cl.O=C(NCCOC1CCCCC1)c1ccc2c(c1)CCN2. The molecule has 1 aromatic rings. The van der Waals surface area contributed by atoms with Crippen LogP contribution in [0.3, 0.4) is 0 Å². The first-order valence-electron chi connectivity index (χ1n) is 8.09. The number of rotatable bonds is 5. The van der Waals surface area contributed by atoms with Gasteiger partial charge in [-0.2, -0.15) is 0 Å². The molecule has 0 atom stereocenters. The quantitative estimate of drug-likeness (QED) is 0.818. The van der Waals surface area contributed by atoms with E-state index in [9.17, 15) is 4.79 Å². The molecule has 0 aromatic heterocycles. The summed E-state index contributed by atoms with van der Waals surface area (Å²) >= 11 is 0. The van der Waals surface area contributed by atoms with E-state index in [1.54, 1.807) is 0 Å². The summed E-state index contributed by atoms with van der Waals surface area (Å²) in [7, 11) is 0. The minimum Gasteiger partial charge on any atom is -0.384 e. The molecule has 0 unspecified atom stereocenters. The molecular formula is C17H25ClN2O2. The lowest BCUT2D eigenvalue weighted by Crippen LogP contribution is -2.29. The molecule has 0 spiro atoms. The summed E-state index contributed by atoms with van der Waals surface area (Å²) in [6.07, 6.45) is 7.64. The van der Waals surface area contributed by atoms with Crippen molar-refractivity contribution in [3.8, 4) is 0 Å². The summed E-state index contributed by atoms with van der Waals surface area (Å²) < 4.78 is 5.82. The molecule has 0 bridgehead atoms. The number of carbonyl (C=O) groups is 1. The van der Waals surface area contributed by atoms with Crippen LogP contribution in [0.15, 0.2) is 18.2 Å². The van der Waals surface area contributed by atoms with Gasteiger partial charge in [0.15, 0.2) is 0 Å². The Labute approximate surface area is 138 Å². The Morgan fingerprint density at radius 1 is 1.27 bits per heavy atom. The van der Waals surface area contributed by atoms with Crippen molar-refractivity contribution in [2.75, 3.05) is 25.0 Å². The smallest absolute Gasteiger partial charge is 0.251 e. The highest BCUT2D eigenvalue weighted by Crippen LogP contribution is 2.23. The van der Waals surface area contributed by atoms with E-state index in [0.717, 1.165) is 24.2 Å². The first-order chi connectivity index (χ1) is 10.3. The van der Waals surface area contributed by atoms with Crippen LogP contribution in [0.2, 0.25) is 0 Å². The van der Waals surface area contributed by atoms with Crippen LogP contribution in [0.25, 0.3) is 0 Å². The first-order valence-corrected chi connectivity index (χ1v) is 8.09. The van der Waals surface area contributed by atoms with E-state index in [1.165, 1.54) is 37.7 Å². The van der Waals surface area contributed by atoms with Crippen LogP contribution in [0, 0.1) is 0 Å². The molecular weight excluding hydrogens is 300 g/mol. The summed E-state index contributed by atoms with van der Waals surface area (Å²) in [5.74, 6) is -0.00283. The maximum Gasteiger partial charge on any atom is 0.251 e. The second-order valence-corrected chi connectivity index (χ2v) is 5.94. The fourth-order valence-electron chi connectivity index (χ4n) is 3.17. The Morgan fingerprint density at radius 2 is 2.09 bits per heavy atom. The third-order valence-corrected chi connectivity index (χ3v) is 4.37. The monoisotopic (exact) mass is 324 g/mol. The second kappa shape index (κ2) is 8.39. The molecule has 1 aliphatic carbocycles. The van der Waals surface area contributed by atoms with E-state index < -0.39 is 0 Å². The molecule has 3 rings (SSSR count). The average molecular weight is 325 g/mol. The lowest BCUT2D eigenvalue weighted by atomic mass is 9.98. The van der Waals surface area contributed by atoms with Gasteiger partial charge >= 0.3 is 0 Å². The standard InChI is InChI=1S/C17H24N2O2.ClH/c20-17(14-6-7-16-13(12-14)8-9-18-16)19-10-11-21-15-4-2-1-3-5-15;/h6-7,12,15,18H,1-5,8-11H2,(H,19,20);1H. The number of nitrogens with one attached hydrogen (secondary N) is 2. The molecule has 1 aromatic carbocycles. The zero-order valence-electron chi connectivity index (χ0n) is 12.9. The van der Waals surface area contributed by atoms with Gasteiger partial charge in [-0.1, -0.05) is 19.3 Å². The minimum absolute atomic E-state index is 0. The van der Waals surface area contributed by atoms with Crippen molar-refractivity contribution in [2.24, 2.45) is 0 Å². The zero-order chi connectivity index (χ0) is 14.5. The molecule has 1 fully saturated rings. The highest BCUT2D eigenvalue weighted by Gasteiger charge is 2.15. The molecule has 2 N–H and O–H groups in total. The van der Waals surface area contributed by atoms with Gasteiger partial charge in [0.25, 0.3) is 5.91 Å². The third kappa shape index (κ3) is 4.37. The van der Waals surface area contributed by atoms with Gasteiger partial charge in [0, 0.05) is 24.3 Å². The predicted octanol–water partition coefficient (Wildman–Crippen LogP) is 3.16. The molecule has 4 nitrogen and oxygen atoms in total. The Kier molecular flexibility index (Phi) is 6.52. The zero-order valence-corrected chi connectivity index (χ0v) is 13.7. The van der Waals surface area contributed by atoms with E-state index in [1.807, 2.05) is 18.2 Å². The van der Waals surface area contributed by atoms with Gasteiger partial charge in [-0.3, -0.25) is 4.79 Å². The Balaban J connectivity index is 0.00000176. The molecule has 5 heteroatoms. The highest BCUT2D eigenvalue weighted by atomic mass is 35.5. The Morgan fingerprint density at radius 3 is 2.91 bits per heavy atom. The van der Waals surface area contributed by atoms with E-state index in [0.29, 0.717) is 19.3 Å². The normalized spacial score (nSPS) is 17.3. The molecule has 1 amide bonds. The molecule has 1 saturated carbocycles. The van der Waals surface area contributed by atoms with Crippen LogP contribution in [-0.4, -0.2) is 31.7 Å². The lowest BCUT2D eigenvalue weighted by Gasteiger charge is -2.22. The number of ether oxygens (including phenoxy) is 1. The highest BCUT2D eigenvalue weighted by molar-refractivity contribution is 5.95. The van der Waals surface area contributed by atoms with Gasteiger partial charge in [-0.25, -0.2) is 0 Å². The maximum atomic E-state index is 12.1. The van der Waals surface area contributed by atoms with Gasteiger partial charge in [0.1, 0.15) is 0 Å². The molecule has 0 saturated heterocycles. The number of hydrogen-bond donors (Lipinski definition) is 2. The lowest BCUT2D eigenvalue weighted by molar-refractivity contribution is 0.0299. The number of benzene rings is 1. The molecule has 2 aliphatic rings.